The van der Waals surface area contributed by atoms with Crippen LogP contribution in [0.5, 0.6) is 0 Å². The van der Waals surface area contributed by atoms with Crippen LogP contribution >= 0.6 is 31.9 Å². The van der Waals surface area contributed by atoms with E-state index in [1.807, 2.05) is 0 Å². The minimum Gasteiger partial charge on any atom is -0.338 e. The molecule has 0 amide bonds. The quantitative estimate of drug-likeness (QED) is 0.434. The van der Waals surface area contributed by atoms with Crippen molar-refractivity contribution >= 4 is 53.7 Å². The molecule has 0 spiro atoms. The third-order valence-corrected chi connectivity index (χ3v) is 5.13. The molecule has 0 radical (unpaired) electrons. The fraction of sp³-hybridized carbons (Fsp3) is 0.333. The Morgan fingerprint density at radius 1 is 0.952 bits per heavy atom. The maximum absolute atomic E-state index is 3.62. The van der Waals surface area contributed by atoms with Crippen molar-refractivity contribution in [3.05, 3.63) is 45.3 Å². The summed E-state index contributed by atoms with van der Waals surface area (Å²) in [7, 11) is 0. The second kappa shape index (κ2) is 6.13. The highest BCUT2D eigenvalue weighted by Gasteiger charge is 2.15. The number of benzene rings is 2. The smallest absolute Gasteiger partial charge is 0.0505 e. The molecule has 110 valence electrons. The summed E-state index contributed by atoms with van der Waals surface area (Å²) in [6, 6.07) is 13.7. The summed E-state index contributed by atoms with van der Waals surface area (Å²) in [6.45, 7) is 4.59. The van der Waals surface area contributed by atoms with E-state index in [0.717, 1.165) is 8.95 Å². The summed E-state index contributed by atoms with van der Waals surface area (Å²) in [5.74, 6) is 0. The van der Waals surface area contributed by atoms with Gasteiger partial charge in [-0.1, -0.05) is 63.8 Å². The number of rotatable bonds is 4. The lowest BCUT2D eigenvalue weighted by atomic mass is 10.1. The highest BCUT2D eigenvalue weighted by Crippen LogP contribution is 2.36. The molecule has 1 atom stereocenters. The third-order valence-electron chi connectivity index (χ3n) is 4.15. The normalized spacial score (nSPS) is 13.1. The van der Waals surface area contributed by atoms with E-state index in [4.69, 9.17) is 0 Å². The average Bonchev–Trinajstić information content (AvgIpc) is 2.77. The third kappa shape index (κ3) is 2.78. The molecule has 3 aromatic rings. The van der Waals surface area contributed by atoms with E-state index >= 15 is 0 Å². The second-order valence-electron chi connectivity index (χ2n) is 5.68. The minimum absolute atomic E-state index is 0.508. The van der Waals surface area contributed by atoms with Crippen LogP contribution in [0.2, 0.25) is 0 Å². The zero-order valence-electron chi connectivity index (χ0n) is 12.4. The Morgan fingerprint density at radius 2 is 1.48 bits per heavy atom. The van der Waals surface area contributed by atoms with Gasteiger partial charge in [0.05, 0.1) is 11.0 Å². The predicted octanol–water partition coefficient (Wildman–Crippen LogP) is 7.07. The fourth-order valence-electron chi connectivity index (χ4n) is 3.10. The van der Waals surface area contributed by atoms with Crippen molar-refractivity contribution < 1.29 is 0 Å². The summed E-state index contributed by atoms with van der Waals surface area (Å²) >= 11 is 7.23. The van der Waals surface area contributed by atoms with Crippen molar-refractivity contribution in [2.75, 3.05) is 0 Å². The molecule has 0 saturated heterocycles. The average molecular weight is 409 g/mol. The Labute approximate surface area is 142 Å². The molecule has 0 aliphatic rings. The number of hydrogen-bond acceptors (Lipinski definition) is 0. The van der Waals surface area contributed by atoms with Crippen LogP contribution in [0.15, 0.2) is 45.3 Å². The number of hydrogen-bond donors (Lipinski definition) is 0. The monoisotopic (exact) mass is 407 g/mol. The Kier molecular flexibility index (Phi) is 4.41. The Bertz CT molecular complexity index is 729. The van der Waals surface area contributed by atoms with Gasteiger partial charge in [-0.05, 0) is 37.6 Å². The molecule has 0 fully saturated rings. The molecular weight excluding hydrogens is 390 g/mol. The van der Waals surface area contributed by atoms with Gasteiger partial charge in [-0.3, -0.25) is 0 Å². The van der Waals surface area contributed by atoms with Crippen LogP contribution < -0.4 is 0 Å². The number of nitrogens with zero attached hydrogens (tertiary/aromatic N) is 1. The van der Waals surface area contributed by atoms with Gasteiger partial charge in [0, 0.05) is 25.8 Å². The number of halogens is 2. The van der Waals surface area contributed by atoms with E-state index in [1.165, 1.54) is 41.1 Å². The van der Waals surface area contributed by atoms with Gasteiger partial charge in [0.2, 0.25) is 0 Å². The Hall–Kier alpha value is -0.800. The molecule has 1 heterocycles. The van der Waals surface area contributed by atoms with Crippen molar-refractivity contribution in [1.82, 2.24) is 4.57 Å². The van der Waals surface area contributed by atoms with Crippen LogP contribution in [0.25, 0.3) is 21.8 Å². The summed E-state index contributed by atoms with van der Waals surface area (Å²) in [5, 5.41) is 2.67. The van der Waals surface area contributed by atoms with Gasteiger partial charge in [-0.2, -0.15) is 0 Å². The van der Waals surface area contributed by atoms with E-state index < -0.39 is 0 Å². The molecular formula is C18H19Br2N. The molecule has 1 nitrogen and oxygen atoms in total. The minimum atomic E-state index is 0.508. The number of aromatic nitrogens is 1. The van der Waals surface area contributed by atoms with E-state index in [1.54, 1.807) is 0 Å². The molecule has 3 heteroatoms. The molecule has 0 saturated carbocycles. The van der Waals surface area contributed by atoms with Crippen LogP contribution in [0.3, 0.4) is 0 Å². The topological polar surface area (TPSA) is 4.93 Å². The molecule has 1 unspecified atom stereocenters. The molecule has 0 aliphatic heterocycles. The van der Waals surface area contributed by atoms with Crippen LogP contribution in [0.4, 0.5) is 0 Å². The van der Waals surface area contributed by atoms with Gasteiger partial charge in [-0.15, -0.1) is 0 Å². The standard InChI is InChI=1S/C18H19Br2N/c1-3-4-5-12(2)21-17-10-13(19)6-8-15(17)16-9-7-14(20)11-18(16)21/h6-12H,3-5H2,1-2H3. The van der Waals surface area contributed by atoms with Crippen molar-refractivity contribution in [3.63, 3.8) is 0 Å². The first kappa shape index (κ1) is 15.1. The van der Waals surface area contributed by atoms with E-state index in [9.17, 15) is 0 Å². The van der Waals surface area contributed by atoms with Crippen LogP contribution in [0, 0.1) is 0 Å². The van der Waals surface area contributed by atoms with Crippen LogP contribution in [0.1, 0.15) is 39.2 Å². The summed E-state index contributed by atoms with van der Waals surface area (Å²) in [6.07, 6.45) is 3.73. The van der Waals surface area contributed by atoms with Crippen molar-refractivity contribution in [2.45, 2.75) is 39.2 Å². The van der Waals surface area contributed by atoms with Crippen LogP contribution in [-0.4, -0.2) is 4.57 Å². The molecule has 0 N–H and O–H groups in total. The largest absolute Gasteiger partial charge is 0.338 e. The van der Waals surface area contributed by atoms with Gasteiger partial charge in [0.25, 0.3) is 0 Å². The zero-order valence-corrected chi connectivity index (χ0v) is 15.5. The Balaban J connectivity index is 2.30. The summed E-state index contributed by atoms with van der Waals surface area (Å²) in [5.41, 5.74) is 2.64. The van der Waals surface area contributed by atoms with E-state index in [2.05, 4.69) is 86.7 Å². The molecule has 0 bridgehead atoms. The fourth-order valence-corrected chi connectivity index (χ4v) is 3.79. The van der Waals surface area contributed by atoms with Gasteiger partial charge < -0.3 is 4.57 Å². The second-order valence-corrected chi connectivity index (χ2v) is 7.52. The lowest BCUT2D eigenvalue weighted by Crippen LogP contribution is -2.04. The predicted molar refractivity (Wildman–Crippen MR) is 99.1 cm³/mol. The van der Waals surface area contributed by atoms with E-state index in [-0.39, 0.29) is 0 Å². The number of fused-ring (bicyclic) bond motifs is 3. The first-order valence-electron chi connectivity index (χ1n) is 7.50. The lowest BCUT2D eigenvalue weighted by Gasteiger charge is -2.17. The first-order valence-corrected chi connectivity index (χ1v) is 9.09. The van der Waals surface area contributed by atoms with Crippen LogP contribution in [-0.2, 0) is 0 Å². The highest BCUT2D eigenvalue weighted by molar-refractivity contribution is 9.10. The molecule has 0 aliphatic carbocycles. The molecule has 3 rings (SSSR count). The molecule has 1 aromatic heterocycles. The highest BCUT2D eigenvalue weighted by atomic mass is 79.9. The maximum atomic E-state index is 3.62. The summed E-state index contributed by atoms with van der Waals surface area (Å²) < 4.78 is 4.78. The van der Waals surface area contributed by atoms with Gasteiger partial charge in [0.1, 0.15) is 0 Å². The Morgan fingerprint density at radius 3 is 1.95 bits per heavy atom. The lowest BCUT2D eigenvalue weighted by molar-refractivity contribution is 0.509. The molecule has 21 heavy (non-hydrogen) atoms. The van der Waals surface area contributed by atoms with Crippen molar-refractivity contribution in [3.8, 4) is 0 Å². The van der Waals surface area contributed by atoms with E-state index in [0.29, 0.717) is 6.04 Å². The van der Waals surface area contributed by atoms with Crippen molar-refractivity contribution in [2.24, 2.45) is 0 Å². The first-order chi connectivity index (χ1) is 10.1. The SMILES string of the molecule is CCCCC(C)n1c2cc(Br)ccc2c2ccc(Br)cc21. The van der Waals surface area contributed by atoms with Gasteiger partial charge >= 0.3 is 0 Å². The van der Waals surface area contributed by atoms with Crippen molar-refractivity contribution in [1.29, 1.82) is 0 Å². The number of unbranched alkanes of at least 4 members (excludes halogenated alkanes) is 1. The summed E-state index contributed by atoms with van der Waals surface area (Å²) in [4.78, 5) is 0. The maximum Gasteiger partial charge on any atom is 0.0505 e. The van der Waals surface area contributed by atoms with Gasteiger partial charge in [-0.25, -0.2) is 0 Å². The molecule has 2 aromatic carbocycles. The zero-order chi connectivity index (χ0) is 15.0. The van der Waals surface area contributed by atoms with Gasteiger partial charge in [0.15, 0.2) is 0 Å².